The molecule has 1 amide bonds. The molecule has 0 spiro atoms. The van der Waals surface area contributed by atoms with Crippen molar-refractivity contribution in [3.05, 3.63) is 45.2 Å². The fraction of sp³-hybridized carbons (Fsp3) is 0.471. The third kappa shape index (κ3) is 4.49. The fourth-order valence-electron chi connectivity index (χ4n) is 3.08. The number of hydrogen-bond donors (Lipinski definition) is 2. The van der Waals surface area contributed by atoms with E-state index in [1.807, 2.05) is 24.6 Å². The Morgan fingerprint density at radius 3 is 2.65 bits per heavy atom. The van der Waals surface area contributed by atoms with E-state index in [0.717, 1.165) is 37.2 Å². The molecule has 2 N–H and O–H groups in total. The molecule has 1 aromatic heterocycles. The molecule has 1 atom stereocenters. The number of amides is 1. The minimum absolute atomic E-state index is 0. The number of halogens is 3. The van der Waals surface area contributed by atoms with E-state index in [0.29, 0.717) is 21.8 Å². The Labute approximate surface area is 169 Å². The summed E-state index contributed by atoms with van der Waals surface area (Å²) in [5.74, 6) is -0.240. The second kappa shape index (κ2) is 9.04. The Balaban J connectivity index is 0.00000243. The lowest BCUT2D eigenvalue weighted by Gasteiger charge is -2.23. The Hall–Kier alpha value is -1.34. The van der Waals surface area contributed by atoms with Crippen molar-refractivity contribution >= 4 is 41.5 Å². The van der Waals surface area contributed by atoms with Gasteiger partial charge < -0.3 is 10.6 Å². The number of nitrogens with zero attached hydrogens (tertiary/aromatic N) is 3. The van der Waals surface area contributed by atoms with Crippen LogP contribution in [-0.2, 0) is 0 Å². The van der Waals surface area contributed by atoms with Crippen molar-refractivity contribution in [1.82, 2.24) is 25.6 Å². The van der Waals surface area contributed by atoms with Gasteiger partial charge in [0.2, 0.25) is 0 Å². The predicted octanol–water partition coefficient (Wildman–Crippen LogP) is 3.73. The minimum Gasteiger partial charge on any atom is -0.344 e. The van der Waals surface area contributed by atoms with Gasteiger partial charge in [-0.05, 0) is 57.5 Å². The molecule has 1 aliphatic heterocycles. The molecular weight excluding hydrogens is 397 g/mol. The van der Waals surface area contributed by atoms with Gasteiger partial charge in [0, 0.05) is 0 Å². The second-order valence-electron chi connectivity index (χ2n) is 6.32. The number of benzene rings is 1. The largest absolute Gasteiger partial charge is 0.344 e. The van der Waals surface area contributed by atoms with Gasteiger partial charge in [0.15, 0.2) is 5.69 Å². The quantitative estimate of drug-likeness (QED) is 0.793. The summed E-state index contributed by atoms with van der Waals surface area (Å²) in [6.45, 7) is 5.70. The molecule has 0 bridgehead atoms. The number of aromatic nitrogens is 3. The van der Waals surface area contributed by atoms with Crippen LogP contribution in [0.3, 0.4) is 0 Å². The van der Waals surface area contributed by atoms with Crippen LogP contribution in [-0.4, -0.2) is 34.0 Å². The summed E-state index contributed by atoms with van der Waals surface area (Å²) in [5.41, 5.74) is 2.04. The molecule has 3 rings (SSSR count). The molecular formula is C17H22Cl3N5O. The van der Waals surface area contributed by atoms with Gasteiger partial charge in [-0.15, -0.1) is 17.5 Å². The summed E-state index contributed by atoms with van der Waals surface area (Å²) in [5, 5.41) is 15.5. The lowest BCUT2D eigenvalue weighted by Crippen LogP contribution is -2.31. The van der Waals surface area contributed by atoms with Crippen molar-refractivity contribution in [3.8, 4) is 0 Å². The third-order valence-corrected chi connectivity index (χ3v) is 5.33. The van der Waals surface area contributed by atoms with Crippen molar-refractivity contribution in [2.75, 3.05) is 13.1 Å². The smallest absolute Gasteiger partial charge is 0.274 e. The SMILES string of the molecule is Cc1c(C(=O)NC(C)c2ccc(Cl)c(Cl)c2)nnn1C1CCNCC1.Cl. The Morgan fingerprint density at radius 1 is 1.31 bits per heavy atom. The van der Waals surface area contributed by atoms with Crippen LogP contribution in [0.4, 0.5) is 0 Å². The van der Waals surface area contributed by atoms with Gasteiger partial charge in [0.1, 0.15) is 0 Å². The highest BCUT2D eigenvalue weighted by Gasteiger charge is 2.23. The number of rotatable bonds is 4. The standard InChI is InChI=1S/C17H21Cl2N5O.ClH/c1-10(12-3-4-14(18)15(19)9-12)21-17(25)16-11(2)24(23-22-16)13-5-7-20-8-6-13;/h3-4,9-10,13,20H,5-8H2,1-2H3,(H,21,25);1H. The first-order valence-electron chi connectivity index (χ1n) is 8.35. The summed E-state index contributed by atoms with van der Waals surface area (Å²) >= 11 is 12.0. The molecule has 1 unspecified atom stereocenters. The van der Waals surface area contributed by atoms with Gasteiger partial charge >= 0.3 is 0 Å². The maximum Gasteiger partial charge on any atom is 0.274 e. The zero-order chi connectivity index (χ0) is 18.0. The van der Waals surface area contributed by atoms with Crippen molar-refractivity contribution in [2.24, 2.45) is 0 Å². The van der Waals surface area contributed by atoms with E-state index in [1.54, 1.807) is 12.1 Å². The lowest BCUT2D eigenvalue weighted by molar-refractivity contribution is 0.0934. The maximum atomic E-state index is 12.6. The number of nitrogens with one attached hydrogen (secondary N) is 2. The van der Waals surface area contributed by atoms with E-state index in [-0.39, 0.29) is 24.4 Å². The van der Waals surface area contributed by atoms with E-state index in [4.69, 9.17) is 23.2 Å². The molecule has 6 nitrogen and oxygen atoms in total. The first-order chi connectivity index (χ1) is 12.0. The molecule has 1 saturated heterocycles. The zero-order valence-electron chi connectivity index (χ0n) is 14.6. The molecule has 0 aliphatic carbocycles. The molecule has 0 radical (unpaired) electrons. The van der Waals surface area contributed by atoms with Gasteiger partial charge in [0.05, 0.1) is 27.8 Å². The van der Waals surface area contributed by atoms with E-state index < -0.39 is 0 Å². The third-order valence-electron chi connectivity index (χ3n) is 4.59. The lowest BCUT2D eigenvalue weighted by atomic mass is 10.1. The average molecular weight is 419 g/mol. The normalized spacial score (nSPS) is 16.0. The average Bonchev–Trinajstić information content (AvgIpc) is 2.99. The highest BCUT2D eigenvalue weighted by molar-refractivity contribution is 6.42. The molecule has 26 heavy (non-hydrogen) atoms. The molecule has 1 aromatic carbocycles. The van der Waals surface area contributed by atoms with Crippen molar-refractivity contribution in [3.63, 3.8) is 0 Å². The van der Waals surface area contributed by atoms with Crippen LogP contribution in [0.25, 0.3) is 0 Å². The van der Waals surface area contributed by atoms with Crippen LogP contribution in [0.2, 0.25) is 10.0 Å². The molecule has 0 saturated carbocycles. The minimum atomic E-state index is -0.240. The van der Waals surface area contributed by atoms with Crippen LogP contribution in [0.15, 0.2) is 18.2 Å². The van der Waals surface area contributed by atoms with Crippen molar-refractivity contribution < 1.29 is 4.79 Å². The topological polar surface area (TPSA) is 71.8 Å². The van der Waals surface area contributed by atoms with Gasteiger partial charge in [-0.1, -0.05) is 34.5 Å². The van der Waals surface area contributed by atoms with E-state index in [9.17, 15) is 4.79 Å². The molecule has 142 valence electrons. The monoisotopic (exact) mass is 417 g/mol. The highest BCUT2D eigenvalue weighted by Crippen LogP contribution is 2.26. The van der Waals surface area contributed by atoms with Gasteiger partial charge in [-0.25, -0.2) is 4.68 Å². The molecule has 9 heteroatoms. The molecule has 2 aromatic rings. The molecule has 1 fully saturated rings. The molecule has 1 aliphatic rings. The fourth-order valence-corrected chi connectivity index (χ4v) is 3.39. The summed E-state index contributed by atoms with van der Waals surface area (Å²) in [4.78, 5) is 12.6. The summed E-state index contributed by atoms with van der Waals surface area (Å²) in [6.07, 6.45) is 1.98. The van der Waals surface area contributed by atoms with Crippen LogP contribution in [0, 0.1) is 6.92 Å². The highest BCUT2D eigenvalue weighted by atomic mass is 35.5. The first kappa shape index (κ1) is 21.0. The Bertz CT molecular complexity index is 774. The van der Waals surface area contributed by atoms with Crippen LogP contribution < -0.4 is 10.6 Å². The van der Waals surface area contributed by atoms with E-state index >= 15 is 0 Å². The number of hydrogen-bond acceptors (Lipinski definition) is 4. The van der Waals surface area contributed by atoms with Crippen molar-refractivity contribution in [1.29, 1.82) is 0 Å². The van der Waals surface area contributed by atoms with Crippen LogP contribution in [0.5, 0.6) is 0 Å². The number of carbonyl (C=O) groups is 1. The van der Waals surface area contributed by atoms with Gasteiger partial charge in [0.25, 0.3) is 5.91 Å². The summed E-state index contributed by atoms with van der Waals surface area (Å²) in [7, 11) is 0. The summed E-state index contributed by atoms with van der Waals surface area (Å²) in [6, 6.07) is 5.40. The van der Waals surface area contributed by atoms with Crippen molar-refractivity contribution in [2.45, 2.75) is 38.8 Å². The van der Waals surface area contributed by atoms with E-state index in [1.165, 1.54) is 0 Å². The van der Waals surface area contributed by atoms with E-state index in [2.05, 4.69) is 20.9 Å². The number of piperidine rings is 1. The first-order valence-corrected chi connectivity index (χ1v) is 9.11. The Kier molecular flexibility index (Phi) is 7.29. The Morgan fingerprint density at radius 2 is 2.00 bits per heavy atom. The predicted molar refractivity (Wildman–Crippen MR) is 105 cm³/mol. The van der Waals surface area contributed by atoms with Crippen LogP contribution in [0.1, 0.15) is 53.6 Å². The van der Waals surface area contributed by atoms with Gasteiger partial charge in [-0.3, -0.25) is 4.79 Å². The summed E-state index contributed by atoms with van der Waals surface area (Å²) < 4.78 is 1.87. The maximum absolute atomic E-state index is 12.6. The number of carbonyl (C=O) groups excluding carboxylic acids is 1. The zero-order valence-corrected chi connectivity index (χ0v) is 17.0. The second-order valence-corrected chi connectivity index (χ2v) is 7.13. The van der Waals surface area contributed by atoms with Gasteiger partial charge in [-0.2, -0.15) is 0 Å². The molecule has 2 heterocycles. The van der Waals surface area contributed by atoms with Crippen LogP contribution >= 0.6 is 35.6 Å².